The van der Waals surface area contributed by atoms with Gasteiger partial charge in [-0.1, -0.05) is 97.1 Å². The number of thioether (sulfide) groups is 1. The van der Waals surface area contributed by atoms with Crippen molar-refractivity contribution in [2.45, 2.75) is 18.2 Å². The van der Waals surface area contributed by atoms with Crippen molar-refractivity contribution in [1.82, 2.24) is 4.57 Å². The number of aromatic nitrogens is 1. The van der Waals surface area contributed by atoms with Crippen LogP contribution in [0.3, 0.4) is 0 Å². The van der Waals surface area contributed by atoms with E-state index in [1.165, 1.54) is 65.8 Å². The third-order valence-corrected chi connectivity index (χ3v) is 8.32. The molecule has 1 aliphatic heterocycles. The van der Waals surface area contributed by atoms with Gasteiger partial charge in [-0.15, -0.1) is 11.8 Å². The summed E-state index contributed by atoms with van der Waals surface area (Å²) in [6.07, 6.45) is 1.14. The van der Waals surface area contributed by atoms with Crippen molar-refractivity contribution in [1.29, 1.82) is 0 Å². The van der Waals surface area contributed by atoms with Gasteiger partial charge in [0.2, 0.25) is 0 Å². The number of aryl methyl sites for hydroxylation is 2. The van der Waals surface area contributed by atoms with Gasteiger partial charge < -0.3 is 4.57 Å². The molecular weight excluding hydrogens is 442 g/mol. The molecule has 0 bridgehead atoms. The summed E-state index contributed by atoms with van der Waals surface area (Å²) in [4.78, 5) is 1.44. The minimum Gasteiger partial charge on any atom is -0.307 e. The summed E-state index contributed by atoms with van der Waals surface area (Å²) in [5.74, 6) is 1.16. The van der Waals surface area contributed by atoms with E-state index < -0.39 is 0 Å². The Bertz CT molecular complexity index is 1710. The van der Waals surface area contributed by atoms with Crippen LogP contribution in [-0.4, -0.2) is 10.3 Å². The summed E-state index contributed by atoms with van der Waals surface area (Å²) >= 11 is 2.01. The molecule has 0 N–H and O–H groups in total. The molecule has 0 radical (unpaired) electrons. The average molecular weight is 468 g/mol. The van der Waals surface area contributed by atoms with Crippen LogP contribution in [0.4, 0.5) is 0 Å². The standard InChI is InChI=1S/C33H25NS/c1-22-12-15-28-29-17-13-25-18-19-35-33(25)32(29)34(30(28)20-22)31-21-26(23-8-4-2-5-9-23)14-16-27(31)24-10-6-3-7-11-24/h2-17,20-21H,18-19H2,1H3. The molecule has 1 aliphatic rings. The Kier molecular flexibility index (Phi) is 4.82. The van der Waals surface area contributed by atoms with Gasteiger partial charge >= 0.3 is 0 Å². The zero-order chi connectivity index (χ0) is 23.4. The highest BCUT2D eigenvalue weighted by atomic mass is 32.2. The molecule has 1 nitrogen and oxygen atoms in total. The largest absolute Gasteiger partial charge is 0.307 e. The number of fused-ring (bicyclic) bond motifs is 5. The molecule has 0 saturated carbocycles. The Labute approximate surface area is 210 Å². The third kappa shape index (κ3) is 3.32. The highest BCUT2D eigenvalue weighted by Gasteiger charge is 2.23. The lowest BCUT2D eigenvalue weighted by atomic mass is 9.98. The summed E-state index contributed by atoms with van der Waals surface area (Å²) in [7, 11) is 0. The van der Waals surface area contributed by atoms with E-state index in [1.807, 2.05) is 11.8 Å². The second-order valence-electron chi connectivity index (χ2n) is 9.37. The molecule has 0 unspecified atom stereocenters. The monoisotopic (exact) mass is 467 g/mol. The first kappa shape index (κ1) is 20.6. The van der Waals surface area contributed by atoms with E-state index in [-0.39, 0.29) is 0 Å². The van der Waals surface area contributed by atoms with Crippen molar-refractivity contribution in [2.75, 3.05) is 5.75 Å². The predicted molar refractivity (Wildman–Crippen MR) is 151 cm³/mol. The third-order valence-electron chi connectivity index (χ3n) is 7.17. The van der Waals surface area contributed by atoms with Gasteiger partial charge in [0.15, 0.2) is 0 Å². The number of rotatable bonds is 3. The lowest BCUT2D eigenvalue weighted by Gasteiger charge is -2.17. The molecule has 2 heterocycles. The topological polar surface area (TPSA) is 4.93 Å². The summed E-state index contributed by atoms with van der Waals surface area (Å²) in [6.45, 7) is 2.19. The molecule has 7 rings (SSSR count). The minimum atomic E-state index is 1.14. The van der Waals surface area contributed by atoms with Crippen molar-refractivity contribution in [2.24, 2.45) is 0 Å². The fourth-order valence-electron chi connectivity index (χ4n) is 5.49. The molecule has 0 aliphatic carbocycles. The second kappa shape index (κ2) is 8.18. The van der Waals surface area contributed by atoms with Crippen LogP contribution in [0, 0.1) is 6.92 Å². The quantitative estimate of drug-likeness (QED) is 0.251. The van der Waals surface area contributed by atoms with Crippen LogP contribution in [0.2, 0.25) is 0 Å². The molecule has 0 saturated heterocycles. The first-order valence-corrected chi connectivity index (χ1v) is 13.2. The van der Waals surface area contributed by atoms with Gasteiger partial charge in [0.05, 0.1) is 16.7 Å². The SMILES string of the molecule is Cc1ccc2c3ccc4c(c3n(-c3cc(-c5ccccc5)ccc3-c3ccccc3)c2c1)SCC4. The normalized spacial score (nSPS) is 12.9. The molecule has 0 amide bonds. The Morgan fingerprint density at radius 3 is 2.20 bits per heavy atom. The molecular formula is C33H25NS. The first-order chi connectivity index (χ1) is 17.3. The maximum atomic E-state index is 2.55. The Hall–Kier alpha value is -3.75. The summed E-state index contributed by atoms with van der Waals surface area (Å²) in [6, 6.07) is 40.1. The van der Waals surface area contributed by atoms with E-state index in [0.717, 1.165) is 12.2 Å². The van der Waals surface area contributed by atoms with Crippen LogP contribution in [0.25, 0.3) is 49.7 Å². The van der Waals surface area contributed by atoms with Crippen LogP contribution in [0.5, 0.6) is 0 Å². The number of nitrogens with zero attached hydrogens (tertiary/aromatic N) is 1. The molecule has 2 heteroatoms. The van der Waals surface area contributed by atoms with Crippen LogP contribution in [0.15, 0.2) is 114 Å². The van der Waals surface area contributed by atoms with Crippen molar-refractivity contribution < 1.29 is 0 Å². The Balaban J connectivity index is 1.64. The lowest BCUT2D eigenvalue weighted by Crippen LogP contribution is -1.99. The maximum absolute atomic E-state index is 2.55. The van der Waals surface area contributed by atoms with Crippen LogP contribution < -0.4 is 0 Å². The van der Waals surface area contributed by atoms with Gasteiger partial charge in [0.1, 0.15) is 0 Å². The van der Waals surface area contributed by atoms with Crippen molar-refractivity contribution in [3.05, 3.63) is 120 Å². The van der Waals surface area contributed by atoms with Gasteiger partial charge in [-0.05, 0) is 53.3 Å². The summed E-state index contributed by atoms with van der Waals surface area (Å²) in [5, 5.41) is 2.67. The maximum Gasteiger partial charge on any atom is 0.0679 e. The molecule has 0 atom stereocenters. The lowest BCUT2D eigenvalue weighted by molar-refractivity contribution is 1.12. The molecule has 6 aromatic rings. The Morgan fingerprint density at radius 1 is 0.657 bits per heavy atom. The zero-order valence-corrected chi connectivity index (χ0v) is 20.5. The summed E-state index contributed by atoms with van der Waals surface area (Å²) < 4.78 is 2.55. The van der Waals surface area contributed by atoms with Crippen LogP contribution >= 0.6 is 11.8 Å². The fourth-order valence-corrected chi connectivity index (χ4v) is 6.71. The fraction of sp³-hybridized carbons (Fsp3) is 0.0909. The highest BCUT2D eigenvalue weighted by molar-refractivity contribution is 7.99. The van der Waals surface area contributed by atoms with Gasteiger partial charge in [-0.2, -0.15) is 0 Å². The van der Waals surface area contributed by atoms with Crippen molar-refractivity contribution in [3.63, 3.8) is 0 Å². The predicted octanol–water partition coefficient (Wildman–Crippen LogP) is 9.07. The van der Waals surface area contributed by atoms with Crippen LogP contribution in [0.1, 0.15) is 11.1 Å². The first-order valence-electron chi connectivity index (χ1n) is 12.2. The molecule has 0 fully saturated rings. The molecule has 5 aromatic carbocycles. The summed E-state index contributed by atoms with van der Waals surface area (Å²) in [5.41, 5.74) is 11.6. The van der Waals surface area contributed by atoms with Gasteiger partial charge in [0.25, 0.3) is 0 Å². The number of benzene rings is 5. The van der Waals surface area contributed by atoms with E-state index in [4.69, 9.17) is 0 Å². The molecule has 35 heavy (non-hydrogen) atoms. The van der Waals surface area contributed by atoms with Gasteiger partial charge in [0, 0.05) is 27.0 Å². The van der Waals surface area contributed by atoms with Crippen LogP contribution in [-0.2, 0) is 6.42 Å². The van der Waals surface area contributed by atoms with Crippen molar-refractivity contribution in [3.8, 4) is 27.9 Å². The molecule has 1 aromatic heterocycles. The molecule has 168 valence electrons. The van der Waals surface area contributed by atoms with E-state index in [0.29, 0.717) is 0 Å². The number of hydrogen-bond acceptors (Lipinski definition) is 1. The average Bonchev–Trinajstić information content (AvgIpc) is 3.51. The minimum absolute atomic E-state index is 1.14. The van der Waals surface area contributed by atoms with Crippen molar-refractivity contribution >= 4 is 33.6 Å². The van der Waals surface area contributed by atoms with E-state index in [2.05, 4.69) is 121 Å². The molecule has 0 spiro atoms. The number of hydrogen-bond donors (Lipinski definition) is 0. The van der Waals surface area contributed by atoms with E-state index in [1.54, 1.807) is 0 Å². The van der Waals surface area contributed by atoms with Gasteiger partial charge in [-0.3, -0.25) is 0 Å². The highest BCUT2D eigenvalue weighted by Crippen LogP contribution is 2.45. The van der Waals surface area contributed by atoms with E-state index in [9.17, 15) is 0 Å². The second-order valence-corrected chi connectivity index (χ2v) is 10.5. The van der Waals surface area contributed by atoms with Gasteiger partial charge in [-0.25, -0.2) is 0 Å². The van der Waals surface area contributed by atoms with E-state index >= 15 is 0 Å². The smallest absolute Gasteiger partial charge is 0.0679 e. The zero-order valence-electron chi connectivity index (χ0n) is 19.7. The Morgan fingerprint density at radius 2 is 1.40 bits per heavy atom.